The molecule has 1 aliphatic rings. The van der Waals surface area contributed by atoms with Crippen LogP contribution in [0.25, 0.3) is 0 Å². The minimum absolute atomic E-state index is 0.0936. The third-order valence-corrected chi connectivity index (χ3v) is 5.61. The van der Waals surface area contributed by atoms with Gasteiger partial charge in [-0.15, -0.1) is 0 Å². The second-order valence-electron chi connectivity index (χ2n) is 7.87. The van der Waals surface area contributed by atoms with Crippen molar-refractivity contribution in [2.24, 2.45) is 0 Å². The van der Waals surface area contributed by atoms with Crippen LogP contribution in [-0.4, -0.2) is 52.6 Å². The van der Waals surface area contributed by atoms with Gasteiger partial charge in [0.2, 0.25) is 11.8 Å². The second kappa shape index (κ2) is 9.75. The van der Waals surface area contributed by atoms with E-state index in [0.29, 0.717) is 31.2 Å². The third kappa shape index (κ3) is 5.30. The summed E-state index contributed by atoms with van der Waals surface area (Å²) in [4.78, 5) is 21.9. The average molecular weight is 421 g/mol. The molecule has 0 aliphatic carbocycles. The molecule has 7 heteroatoms. The number of rotatable bonds is 6. The Morgan fingerprint density at radius 2 is 1.94 bits per heavy atom. The van der Waals surface area contributed by atoms with E-state index in [1.165, 1.54) is 5.56 Å². The van der Waals surface area contributed by atoms with Crippen molar-refractivity contribution in [3.05, 3.63) is 77.4 Å². The number of benzene rings is 2. The molecule has 0 N–H and O–H groups in total. The third-order valence-electron chi connectivity index (χ3n) is 5.61. The molecule has 1 saturated heterocycles. The number of methoxy groups -OCH3 is 1. The number of hydrogen-bond donors (Lipinski definition) is 0. The molecule has 1 aromatic heterocycles. The van der Waals surface area contributed by atoms with Crippen LogP contribution in [0, 0.1) is 6.92 Å². The molecule has 7 nitrogen and oxygen atoms in total. The van der Waals surface area contributed by atoms with E-state index in [1.54, 1.807) is 7.11 Å². The fourth-order valence-corrected chi connectivity index (χ4v) is 4.02. The maximum atomic E-state index is 13.2. The van der Waals surface area contributed by atoms with Gasteiger partial charge in [-0.1, -0.05) is 47.6 Å². The highest BCUT2D eigenvalue weighted by atomic mass is 16.5. The summed E-state index contributed by atoms with van der Waals surface area (Å²) in [6.45, 7) is 4.67. The van der Waals surface area contributed by atoms with Crippen molar-refractivity contribution in [3.8, 4) is 5.75 Å². The maximum absolute atomic E-state index is 13.2. The summed E-state index contributed by atoms with van der Waals surface area (Å²) in [5, 5.41) is 3.99. The molecule has 31 heavy (non-hydrogen) atoms. The Morgan fingerprint density at radius 3 is 2.68 bits per heavy atom. The van der Waals surface area contributed by atoms with Crippen LogP contribution >= 0.6 is 0 Å². The lowest BCUT2D eigenvalue weighted by molar-refractivity contribution is -0.130. The van der Waals surface area contributed by atoms with Crippen molar-refractivity contribution in [2.45, 2.75) is 32.4 Å². The number of aryl methyl sites for hydroxylation is 1. The van der Waals surface area contributed by atoms with E-state index in [2.05, 4.69) is 27.2 Å². The number of carbonyl (C=O) groups is 1. The summed E-state index contributed by atoms with van der Waals surface area (Å²) >= 11 is 0. The Hall–Kier alpha value is -3.19. The van der Waals surface area contributed by atoms with Crippen LogP contribution in [0.5, 0.6) is 5.75 Å². The van der Waals surface area contributed by atoms with Crippen LogP contribution in [0.4, 0.5) is 0 Å². The van der Waals surface area contributed by atoms with Crippen LogP contribution in [0.15, 0.2) is 59.1 Å². The Bertz CT molecular complexity index is 1000. The minimum Gasteiger partial charge on any atom is -0.497 e. The van der Waals surface area contributed by atoms with E-state index in [9.17, 15) is 4.79 Å². The Balaban J connectivity index is 1.53. The molecule has 0 saturated carbocycles. The van der Waals surface area contributed by atoms with E-state index in [4.69, 9.17) is 9.26 Å². The van der Waals surface area contributed by atoms with E-state index in [-0.39, 0.29) is 11.9 Å². The first kappa shape index (κ1) is 21.1. The van der Waals surface area contributed by atoms with Crippen molar-refractivity contribution in [2.75, 3.05) is 26.7 Å². The Morgan fingerprint density at radius 1 is 1.13 bits per heavy atom. The largest absolute Gasteiger partial charge is 0.497 e. The molecule has 0 bridgehead atoms. The van der Waals surface area contributed by atoms with Crippen molar-refractivity contribution in [1.29, 1.82) is 0 Å². The Kier molecular flexibility index (Phi) is 6.62. The van der Waals surface area contributed by atoms with Gasteiger partial charge in [-0.05, 0) is 36.6 Å². The molecule has 1 fully saturated rings. The molecule has 2 aromatic carbocycles. The van der Waals surface area contributed by atoms with E-state index < -0.39 is 0 Å². The predicted octanol–water partition coefficient (Wildman–Crippen LogP) is 3.40. The van der Waals surface area contributed by atoms with Gasteiger partial charge in [0.05, 0.1) is 13.5 Å². The predicted molar refractivity (Wildman–Crippen MR) is 117 cm³/mol. The molecule has 4 rings (SSSR count). The molecule has 0 spiro atoms. The second-order valence-corrected chi connectivity index (χ2v) is 7.87. The summed E-state index contributed by atoms with van der Waals surface area (Å²) in [5.41, 5.74) is 2.17. The van der Waals surface area contributed by atoms with Crippen molar-refractivity contribution >= 4 is 5.91 Å². The lowest BCUT2D eigenvalue weighted by atomic mass is 10.1. The number of hydrogen-bond acceptors (Lipinski definition) is 6. The number of carbonyl (C=O) groups excluding carboxylic acids is 1. The van der Waals surface area contributed by atoms with Gasteiger partial charge in [0.15, 0.2) is 5.82 Å². The standard InChI is InChI=1S/C24H28N4O3/c1-18-25-24(31-26-18)22-17-28(23(29)15-20-10-6-11-21(14-20)30-2)13-7-12-27(22)16-19-8-4-3-5-9-19/h3-6,8-11,14,22H,7,12-13,15-17H2,1-2H3. The van der Waals surface area contributed by atoms with Crippen LogP contribution in [0.3, 0.4) is 0 Å². The highest BCUT2D eigenvalue weighted by Crippen LogP contribution is 2.26. The number of amides is 1. The van der Waals surface area contributed by atoms with Gasteiger partial charge < -0.3 is 14.2 Å². The van der Waals surface area contributed by atoms with Gasteiger partial charge in [0.25, 0.3) is 0 Å². The van der Waals surface area contributed by atoms with Crippen molar-refractivity contribution < 1.29 is 14.1 Å². The monoisotopic (exact) mass is 420 g/mol. The molecule has 2 heterocycles. The van der Waals surface area contributed by atoms with Crippen molar-refractivity contribution in [3.63, 3.8) is 0 Å². The van der Waals surface area contributed by atoms with Crippen LogP contribution < -0.4 is 4.74 Å². The summed E-state index contributed by atoms with van der Waals surface area (Å²) < 4.78 is 10.8. The highest BCUT2D eigenvalue weighted by molar-refractivity contribution is 5.79. The zero-order valence-electron chi connectivity index (χ0n) is 18.0. The van der Waals surface area contributed by atoms with Gasteiger partial charge in [0.1, 0.15) is 11.8 Å². The lowest BCUT2D eigenvalue weighted by Crippen LogP contribution is -2.38. The molecule has 1 amide bonds. The molecule has 162 valence electrons. The van der Waals surface area contributed by atoms with Crippen molar-refractivity contribution in [1.82, 2.24) is 19.9 Å². The summed E-state index contributed by atoms with van der Waals surface area (Å²) in [5.74, 6) is 2.02. The zero-order valence-corrected chi connectivity index (χ0v) is 18.0. The maximum Gasteiger partial charge on any atom is 0.245 e. The highest BCUT2D eigenvalue weighted by Gasteiger charge is 2.32. The van der Waals surface area contributed by atoms with E-state index in [1.807, 2.05) is 54.3 Å². The van der Waals surface area contributed by atoms with E-state index in [0.717, 1.165) is 30.8 Å². The molecule has 1 aliphatic heterocycles. The molecule has 1 unspecified atom stereocenters. The first-order valence-corrected chi connectivity index (χ1v) is 10.6. The van der Waals surface area contributed by atoms with Gasteiger partial charge in [-0.3, -0.25) is 9.69 Å². The summed E-state index contributed by atoms with van der Waals surface area (Å²) in [6, 6.07) is 17.9. The first-order valence-electron chi connectivity index (χ1n) is 10.6. The fourth-order valence-electron chi connectivity index (χ4n) is 4.02. The van der Waals surface area contributed by atoms with Gasteiger partial charge in [-0.2, -0.15) is 4.98 Å². The van der Waals surface area contributed by atoms with E-state index >= 15 is 0 Å². The minimum atomic E-state index is -0.141. The summed E-state index contributed by atoms with van der Waals surface area (Å²) in [7, 11) is 1.63. The number of ether oxygens (including phenoxy) is 1. The van der Waals surface area contributed by atoms with Gasteiger partial charge in [-0.25, -0.2) is 0 Å². The molecule has 3 aromatic rings. The Labute approximate surface area is 182 Å². The number of aromatic nitrogens is 2. The summed E-state index contributed by atoms with van der Waals surface area (Å²) in [6.07, 6.45) is 1.23. The SMILES string of the molecule is COc1cccc(CC(=O)N2CCCN(Cc3ccccc3)C(c3nc(C)no3)C2)c1. The smallest absolute Gasteiger partial charge is 0.245 e. The quantitative estimate of drug-likeness (QED) is 0.609. The van der Waals surface area contributed by atoms with Gasteiger partial charge >= 0.3 is 0 Å². The molecular weight excluding hydrogens is 392 g/mol. The number of nitrogens with zero attached hydrogens (tertiary/aromatic N) is 4. The van der Waals surface area contributed by atoms with Crippen LogP contribution in [0.2, 0.25) is 0 Å². The fraction of sp³-hybridized carbons (Fsp3) is 0.375. The first-order chi connectivity index (χ1) is 15.1. The van der Waals surface area contributed by atoms with Crippen LogP contribution in [-0.2, 0) is 17.8 Å². The van der Waals surface area contributed by atoms with Gasteiger partial charge in [0, 0.05) is 26.2 Å². The lowest BCUT2D eigenvalue weighted by Gasteiger charge is -2.29. The van der Waals surface area contributed by atoms with Crippen LogP contribution in [0.1, 0.15) is 35.3 Å². The zero-order chi connectivity index (χ0) is 21.6. The normalized spacial score (nSPS) is 17.4. The molecular formula is C24H28N4O3. The molecule has 1 atom stereocenters. The topological polar surface area (TPSA) is 71.7 Å². The average Bonchev–Trinajstić information content (AvgIpc) is 3.10. The molecule has 0 radical (unpaired) electrons.